The molecule has 4 nitrogen and oxygen atoms in total. The van der Waals surface area contributed by atoms with Gasteiger partial charge in [0.2, 0.25) is 0 Å². The minimum absolute atomic E-state index is 0.400. The molecule has 0 atom stereocenters. The Hall–Kier alpha value is -1.32. The zero-order chi connectivity index (χ0) is 13.2. The van der Waals surface area contributed by atoms with Crippen LogP contribution in [0.4, 0.5) is 0 Å². The van der Waals surface area contributed by atoms with E-state index in [-0.39, 0.29) is 0 Å². The third kappa shape index (κ3) is 6.42. The Bertz CT molecular complexity index is 290. The molecule has 0 N–H and O–H groups in total. The summed E-state index contributed by atoms with van der Waals surface area (Å²) in [5.41, 5.74) is 0. The molecule has 102 valence electrons. The molecule has 4 heteroatoms. The number of hydrogen-bond donors (Lipinski definition) is 0. The Morgan fingerprint density at radius 3 is 2.33 bits per heavy atom. The molecule has 0 aromatic rings. The van der Waals surface area contributed by atoms with Crippen LogP contribution in [0.2, 0.25) is 0 Å². The summed E-state index contributed by atoms with van der Waals surface area (Å²) in [6, 6.07) is 0. The highest BCUT2D eigenvalue weighted by molar-refractivity contribution is 5.91. The van der Waals surface area contributed by atoms with Crippen molar-refractivity contribution in [2.24, 2.45) is 5.92 Å². The fraction of sp³-hybridized carbons (Fsp3) is 0.714. The summed E-state index contributed by atoms with van der Waals surface area (Å²) in [5, 5.41) is 0. The fourth-order valence-electron chi connectivity index (χ4n) is 1.93. The normalized spacial score (nSPS) is 16.1. The van der Waals surface area contributed by atoms with Gasteiger partial charge in [0.25, 0.3) is 0 Å². The van der Waals surface area contributed by atoms with Crippen LogP contribution in [-0.2, 0) is 19.1 Å². The molecule has 0 bridgehead atoms. The number of rotatable bonds is 7. The van der Waals surface area contributed by atoms with E-state index in [1.165, 1.54) is 12.8 Å². The zero-order valence-electron chi connectivity index (χ0n) is 11.0. The van der Waals surface area contributed by atoms with E-state index in [9.17, 15) is 9.59 Å². The van der Waals surface area contributed by atoms with Crippen LogP contribution < -0.4 is 0 Å². The lowest BCUT2D eigenvalue weighted by molar-refractivity contribution is -0.141. The second-order valence-electron chi connectivity index (χ2n) is 4.63. The molecule has 1 aliphatic carbocycles. The van der Waals surface area contributed by atoms with Crippen molar-refractivity contribution in [2.45, 2.75) is 45.4 Å². The van der Waals surface area contributed by atoms with E-state index in [4.69, 9.17) is 9.47 Å². The maximum Gasteiger partial charge on any atom is 0.331 e. The van der Waals surface area contributed by atoms with Gasteiger partial charge in [-0.25, -0.2) is 9.59 Å². The molecule has 0 aliphatic heterocycles. The van der Waals surface area contributed by atoms with Gasteiger partial charge in [-0.1, -0.05) is 26.2 Å². The van der Waals surface area contributed by atoms with Gasteiger partial charge in [-0.05, 0) is 25.2 Å². The highest BCUT2D eigenvalue weighted by atomic mass is 16.5. The Morgan fingerprint density at radius 1 is 1.11 bits per heavy atom. The van der Waals surface area contributed by atoms with Crippen LogP contribution in [0.1, 0.15) is 45.4 Å². The van der Waals surface area contributed by atoms with Crippen molar-refractivity contribution in [3.63, 3.8) is 0 Å². The summed E-state index contributed by atoms with van der Waals surface area (Å²) in [6.07, 6.45) is 8.80. The van der Waals surface area contributed by atoms with Gasteiger partial charge in [-0.3, -0.25) is 0 Å². The number of carbonyl (C=O) groups excluding carboxylic acids is 2. The Morgan fingerprint density at radius 2 is 1.72 bits per heavy atom. The van der Waals surface area contributed by atoms with Gasteiger partial charge >= 0.3 is 11.9 Å². The molecule has 1 fully saturated rings. The molecular formula is C14H22O4. The van der Waals surface area contributed by atoms with Crippen LogP contribution in [0.5, 0.6) is 0 Å². The SMILES string of the molecule is CCCCOC(=O)/C=C/C(=O)OCC1CCCC1. The van der Waals surface area contributed by atoms with Crippen LogP contribution in [0.3, 0.4) is 0 Å². The number of esters is 2. The summed E-state index contributed by atoms with van der Waals surface area (Å²) in [4.78, 5) is 22.5. The Balaban J connectivity index is 2.11. The average molecular weight is 254 g/mol. The lowest BCUT2D eigenvalue weighted by atomic mass is 10.1. The molecular weight excluding hydrogens is 232 g/mol. The quantitative estimate of drug-likeness (QED) is 0.398. The first-order valence-electron chi connectivity index (χ1n) is 6.74. The molecule has 0 radical (unpaired) electrons. The van der Waals surface area contributed by atoms with Crippen molar-refractivity contribution >= 4 is 11.9 Å². The third-order valence-corrected chi connectivity index (χ3v) is 3.03. The van der Waals surface area contributed by atoms with E-state index < -0.39 is 11.9 Å². The number of hydrogen-bond acceptors (Lipinski definition) is 4. The van der Waals surface area contributed by atoms with Crippen LogP contribution >= 0.6 is 0 Å². The fourth-order valence-corrected chi connectivity index (χ4v) is 1.93. The minimum atomic E-state index is -0.485. The van der Waals surface area contributed by atoms with Gasteiger partial charge in [0.1, 0.15) is 0 Å². The minimum Gasteiger partial charge on any atom is -0.463 e. The molecule has 1 saturated carbocycles. The summed E-state index contributed by atoms with van der Waals surface area (Å²) < 4.78 is 9.95. The monoisotopic (exact) mass is 254 g/mol. The predicted molar refractivity (Wildman–Crippen MR) is 67.9 cm³/mol. The molecule has 0 aromatic carbocycles. The van der Waals surface area contributed by atoms with E-state index in [2.05, 4.69) is 0 Å². The predicted octanol–water partition coefficient (Wildman–Crippen LogP) is 2.62. The Labute approximate surface area is 108 Å². The molecule has 18 heavy (non-hydrogen) atoms. The van der Waals surface area contributed by atoms with Gasteiger partial charge in [-0.2, -0.15) is 0 Å². The maximum atomic E-state index is 11.3. The van der Waals surface area contributed by atoms with E-state index in [1.807, 2.05) is 6.92 Å². The first-order valence-corrected chi connectivity index (χ1v) is 6.74. The van der Waals surface area contributed by atoms with Crippen molar-refractivity contribution in [1.29, 1.82) is 0 Å². The number of carbonyl (C=O) groups is 2. The van der Waals surface area contributed by atoms with E-state index >= 15 is 0 Å². The summed E-state index contributed by atoms with van der Waals surface area (Å²) in [5.74, 6) is -0.450. The number of ether oxygens (including phenoxy) is 2. The molecule has 0 amide bonds. The number of unbranched alkanes of at least 4 members (excludes halogenated alkanes) is 1. The van der Waals surface area contributed by atoms with Gasteiger partial charge in [0, 0.05) is 12.2 Å². The van der Waals surface area contributed by atoms with Crippen LogP contribution in [0.15, 0.2) is 12.2 Å². The van der Waals surface area contributed by atoms with E-state index in [0.717, 1.165) is 37.8 Å². The second-order valence-corrected chi connectivity index (χ2v) is 4.63. The smallest absolute Gasteiger partial charge is 0.331 e. The van der Waals surface area contributed by atoms with Gasteiger partial charge in [-0.15, -0.1) is 0 Å². The molecule has 1 rings (SSSR count). The van der Waals surface area contributed by atoms with E-state index in [1.54, 1.807) is 0 Å². The van der Waals surface area contributed by atoms with Gasteiger partial charge < -0.3 is 9.47 Å². The zero-order valence-corrected chi connectivity index (χ0v) is 11.0. The lowest BCUT2D eigenvalue weighted by Gasteiger charge is -2.07. The van der Waals surface area contributed by atoms with E-state index in [0.29, 0.717) is 19.1 Å². The van der Waals surface area contributed by atoms with Crippen molar-refractivity contribution in [3.05, 3.63) is 12.2 Å². The first kappa shape index (κ1) is 14.7. The molecule has 0 heterocycles. The maximum absolute atomic E-state index is 11.3. The molecule has 0 saturated heterocycles. The molecule has 1 aliphatic rings. The van der Waals surface area contributed by atoms with Gasteiger partial charge in [0.15, 0.2) is 0 Å². The van der Waals surface area contributed by atoms with Crippen molar-refractivity contribution in [1.82, 2.24) is 0 Å². The molecule has 0 aromatic heterocycles. The van der Waals surface area contributed by atoms with Gasteiger partial charge in [0.05, 0.1) is 13.2 Å². The largest absolute Gasteiger partial charge is 0.463 e. The van der Waals surface area contributed by atoms with Crippen molar-refractivity contribution in [2.75, 3.05) is 13.2 Å². The third-order valence-electron chi connectivity index (χ3n) is 3.03. The summed E-state index contributed by atoms with van der Waals surface area (Å²) >= 11 is 0. The molecule has 0 unspecified atom stereocenters. The average Bonchev–Trinajstić information content (AvgIpc) is 2.87. The summed E-state index contributed by atoms with van der Waals surface area (Å²) in [6.45, 7) is 2.88. The highest BCUT2D eigenvalue weighted by Crippen LogP contribution is 2.24. The van der Waals surface area contributed by atoms with Crippen molar-refractivity contribution in [3.8, 4) is 0 Å². The molecule has 0 spiro atoms. The lowest BCUT2D eigenvalue weighted by Crippen LogP contribution is -2.10. The second kappa shape index (κ2) is 8.72. The summed E-state index contributed by atoms with van der Waals surface area (Å²) in [7, 11) is 0. The first-order chi connectivity index (χ1) is 8.72. The Kier molecular flexibility index (Phi) is 7.14. The van der Waals surface area contributed by atoms with Crippen molar-refractivity contribution < 1.29 is 19.1 Å². The van der Waals surface area contributed by atoms with Crippen LogP contribution in [-0.4, -0.2) is 25.2 Å². The van der Waals surface area contributed by atoms with Crippen LogP contribution in [0.25, 0.3) is 0 Å². The standard InChI is InChI=1S/C14H22O4/c1-2-3-10-17-13(15)8-9-14(16)18-11-12-6-4-5-7-12/h8-9,12H,2-7,10-11H2,1H3/b9-8+. The van der Waals surface area contributed by atoms with Crippen LogP contribution in [0, 0.1) is 5.92 Å². The topological polar surface area (TPSA) is 52.6 Å². The highest BCUT2D eigenvalue weighted by Gasteiger charge is 2.16.